The molecule has 1 aromatic rings. The highest BCUT2D eigenvalue weighted by Gasteiger charge is 2.38. The van der Waals surface area contributed by atoms with Gasteiger partial charge in [0, 0.05) is 14.2 Å². The van der Waals surface area contributed by atoms with Crippen LogP contribution in [0.15, 0.2) is 30.3 Å². The summed E-state index contributed by atoms with van der Waals surface area (Å²) in [6.07, 6.45) is -0.898. The lowest BCUT2D eigenvalue weighted by Crippen LogP contribution is -2.45. The van der Waals surface area contributed by atoms with Gasteiger partial charge in [0.1, 0.15) is 0 Å². The summed E-state index contributed by atoms with van der Waals surface area (Å²) >= 11 is 0. The van der Waals surface area contributed by atoms with Crippen LogP contribution >= 0.6 is 0 Å². The molecule has 0 spiro atoms. The highest BCUT2D eigenvalue weighted by atomic mass is 16.7. The Morgan fingerprint density at radius 2 is 1.73 bits per heavy atom. The molecule has 1 aromatic carbocycles. The van der Waals surface area contributed by atoms with Crippen molar-refractivity contribution in [2.75, 3.05) is 20.8 Å². The zero-order valence-corrected chi connectivity index (χ0v) is 8.88. The Bertz CT molecular complexity index is 284. The fourth-order valence-corrected chi connectivity index (χ4v) is 1.51. The zero-order chi connectivity index (χ0) is 11.3. The number of hydrogen-bond donors (Lipinski definition) is 2. The van der Waals surface area contributed by atoms with Crippen molar-refractivity contribution in [1.82, 2.24) is 0 Å². The van der Waals surface area contributed by atoms with Crippen molar-refractivity contribution in [2.24, 2.45) is 0 Å². The first-order chi connectivity index (χ1) is 7.19. The molecule has 0 saturated heterocycles. The maximum Gasteiger partial charge on any atom is 0.192 e. The summed E-state index contributed by atoms with van der Waals surface area (Å²) in [5.74, 6) is 0. The monoisotopic (exact) mass is 212 g/mol. The number of rotatable bonds is 5. The smallest absolute Gasteiger partial charge is 0.192 e. The number of methoxy groups -OCH3 is 2. The van der Waals surface area contributed by atoms with Crippen molar-refractivity contribution >= 4 is 0 Å². The van der Waals surface area contributed by atoms with E-state index in [0.717, 1.165) is 0 Å². The molecule has 4 nitrogen and oxygen atoms in total. The fraction of sp³-hybridized carbons (Fsp3) is 0.455. The largest absolute Gasteiger partial charge is 0.393 e. The molecule has 1 atom stereocenters. The van der Waals surface area contributed by atoms with Crippen LogP contribution in [0, 0.1) is 0 Å². The van der Waals surface area contributed by atoms with Crippen molar-refractivity contribution in [3.05, 3.63) is 35.9 Å². The van der Waals surface area contributed by atoms with Gasteiger partial charge in [-0.1, -0.05) is 30.3 Å². The average molecular weight is 212 g/mol. The van der Waals surface area contributed by atoms with Crippen LogP contribution in [-0.4, -0.2) is 37.3 Å². The number of ether oxygens (including phenoxy) is 2. The number of hydrogen-bond acceptors (Lipinski definition) is 4. The van der Waals surface area contributed by atoms with E-state index >= 15 is 0 Å². The Hall–Kier alpha value is -0.940. The standard InChI is InChI=1S/C11H16O4/c1-14-10(15-2)11(13,8-12)9-6-4-3-5-7-9/h3-7,10,12-13H,8H2,1-2H3. The predicted molar refractivity (Wildman–Crippen MR) is 55.2 cm³/mol. The topological polar surface area (TPSA) is 58.9 Å². The van der Waals surface area contributed by atoms with Crippen LogP contribution in [0.1, 0.15) is 5.56 Å². The molecule has 4 heteroatoms. The highest BCUT2D eigenvalue weighted by molar-refractivity contribution is 5.23. The quantitative estimate of drug-likeness (QED) is 0.697. The molecule has 15 heavy (non-hydrogen) atoms. The third-order valence-corrected chi connectivity index (χ3v) is 2.33. The molecular weight excluding hydrogens is 196 g/mol. The van der Waals surface area contributed by atoms with Crippen LogP contribution in [0.5, 0.6) is 0 Å². The van der Waals surface area contributed by atoms with Gasteiger partial charge < -0.3 is 19.7 Å². The Kier molecular flexibility index (Phi) is 4.23. The van der Waals surface area contributed by atoms with Gasteiger partial charge in [-0.25, -0.2) is 0 Å². The van der Waals surface area contributed by atoms with Crippen molar-refractivity contribution in [1.29, 1.82) is 0 Å². The van der Waals surface area contributed by atoms with E-state index in [1.807, 2.05) is 6.07 Å². The zero-order valence-electron chi connectivity index (χ0n) is 8.88. The maximum atomic E-state index is 10.3. The Balaban J connectivity index is 3.04. The van der Waals surface area contributed by atoms with E-state index in [4.69, 9.17) is 9.47 Å². The first-order valence-electron chi connectivity index (χ1n) is 4.63. The molecule has 1 rings (SSSR count). The molecular formula is C11H16O4. The molecule has 0 saturated carbocycles. The van der Waals surface area contributed by atoms with Gasteiger partial charge in [-0.15, -0.1) is 0 Å². The number of aliphatic hydroxyl groups is 2. The van der Waals surface area contributed by atoms with Gasteiger partial charge in [0.2, 0.25) is 0 Å². The third-order valence-electron chi connectivity index (χ3n) is 2.33. The van der Waals surface area contributed by atoms with Crippen molar-refractivity contribution in [3.63, 3.8) is 0 Å². The van der Waals surface area contributed by atoms with Crippen LogP contribution in [0.2, 0.25) is 0 Å². The molecule has 1 unspecified atom stereocenters. The Morgan fingerprint density at radius 3 is 2.13 bits per heavy atom. The molecule has 0 aliphatic heterocycles. The lowest BCUT2D eigenvalue weighted by molar-refractivity contribution is -0.232. The predicted octanol–water partition coefficient (Wildman–Crippen LogP) is 0.485. The normalized spacial score (nSPS) is 15.3. The van der Waals surface area contributed by atoms with E-state index in [2.05, 4.69) is 0 Å². The van der Waals surface area contributed by atoms with Gasteiger partial charge >= 0.3 is 0 Å². The second-order valence-corrected chi connectivity index (χ2v) is 3.25. The molecule has 0 bridgehead atoms. The van der Waals surface area contributed by atoms with Gasteiger partial charge in [0.15, 0.2) is 11.9 Å². The van der Waals surface area contributed by atoms with Crippen molar-refractivity contribution in [3.8, 4) is 0 Å². The van der Waals surface area contributed by atoms with Crippen LogP contribution in [-0.2, 0) is 15.1 Å². The van der Waals surface area contributed by atoms with Gasteiger partial charge in [-0.2, -0.15) is 0 Å². The van der Waals surface area contributed by atoms with Crippen LogP contribution in [0.4, 0.5) is 0 Å². The lowest BCUT2D eigenvalue weighted by Gasteiger charge is -2.32. The minimum absolute atomic E-state index is 0.469. The fourth-order valence-electron chi connectivity index (χ4n) is 1.51. The molecule has 0 aliphatic carbocycles. The van der Waals surface area contributed by atoms with E-state index < -0.39 is 18.5 Å². The summed E-state index contributed by atoms with van der Waals surface area (Å²) in [5.41, 5.74) is -0.980. The second kappa shape index (κ2) is 5.23. The first kappa shape index (κ1) is 12.1. The summed E-state index contributed by atoms with van der Waals surface area (Å²) in [6, 6.07) is 8.80. The van der Waals surface area contributed by atoms with E-state index in [0.29, 0.717) is 5.56 Å². The van der Waals surface area contributed by atoms with Gasteiger partial charge in [0.25, 0.3) is 0 Å². The summed E-state index contributed by atoms with van der Waals surface area (Å²) in [5, 5.41) is 19.5. The Morgan fingerprint density at radius 1 is 1.20 bits per heavy atom. The molecule has 0 aliphatic rings. The van der Waals surface area contributed by atoms with Crippen LogP contribution in [0.25, 0.3) is 0 Å². The summed E-state index contributed by atoms with van der Waals surface area (Å²) in [7, 11) is 2.83. The van der Waals surface area contributed by atoms with E-state index in [1.54, 1.807) is 24.3 Å². The van der Waals surface area contributed by atoms with E-state index in [-0.39, 0.29) is 0 Å². The van der Waals surface area contributed by atoms with Gasteiger partial charge in [-0.05, 0) is 5.56 Å². The third kappa shape index (κ3) is 2.35. The summed E-state index contributed by atoms with van der Waals surface area (Å²) in [6.45, 7) is -0.469. The molecule has 0 fully saturated rings. The Labute approximate surface area is 89.1 Å². The van der Waals surface area contributed by atoms with E-state index in [9.17, 15) is 10.2 Å². The molecule has 84 valence electrons. The number of benzene rings is 1. The molecule has 0 radical (unpaired) electrons. The molecule has 0 heterocycles. The molecule has 2 N–H and O–H groups in total. The van der Waals surface area contributed by atoms with Gasteiger partial charge in [0.05, 0.1) is 6.61 Å². The SMILES string of the molecule is COC(OC)C(O)(CO)c1ccccc1. The van der Waals surface area contributed by atoms with Crippen molar-refractivity contribution in [2.45, 2.75) is 11.9 Å². The molecule has 0 aromatic heterocycles. The first-order valence-corrected chi connectivity index (χ1v) is 4.63. The minimum Gasteiger partial charge on any atom is -0.393 e. The number of aliphatic hydroxyl groups excluding tert-OH is 1. The van der Waals surface area contributed by atoms with Gasteiger partial charge in [-0.3, -0.25) is 0 Å². The second-order valence-electron chi connectivity index (χ2n) is 3.25. The minimum atomic E-state index is -1.54. The van der Waals surface area contributed by atoms with Crippen molar-refractivity contribution < 1.29 is 19.7 Å². The summed E-state index contributed by atoms with van der Waals surface area (Å²) in [4.78, 5) is 0. The van der Waals surface area contributed by atoms with Crippen LogP contribution in [0.3, 0.4) is 0 Å². The average Bonchev–Trinajstić information content (AvgIpc) is 2.31. The lowest BCUT2D eigenvalue weighted by atomic mass is 9.94. The molecule has 0 amide bonds. The summed E-state index contributed by atoms with van der Waals surface area (Å²) < 4.78 is 9.96. The van der Waals surface area contributed by atoms with Crippen LogP contribution < -0.4 is 0 Å². The maximum absolute atomic E-state index is 10.3. The highest BCUT2D eigenvalue weighted by Crippen LogP contribution is 2.26. The van der Waals surface area contributed by atoms with E-state index in [1.165, 1.54) is 14.2 Å².